The number of amidine groups is 1. The molecule has 11 rings (SSSR count). The highest BCUT2D eigenvalue weighted by Crippen LogP contribution is 2.43. The van der Waals surface area contributed by atoms with Gasteiger partial charge in [0.15, 0.2) is 0 Å². The van der Waals surface area contributed by atoms with Gasteiger partial charge in [0, 0.05) is 42.8 Å². The fourth-order valence-corrected chi connectivity index (χ4v) is 9.93. The number of hydrogen-bond acceptors (Lipinski definition) is 5. The van der Waals surface area contributed by atoms with Gasteiger partial charge in [0.2, 0.25) is 0 Å². The summed E-state index contributed by atoms with van der Waals surface area (Å²) in [5.74, 6) is 0.870. The van der Waals surface area contributed by atoms with Crippen LogP contribution in [-0.4, -0.2) is 5.84 Å². The average Bonchev–Trinajstić information content (AvgIpc) is 3.74. The second kappa shape index (κ2) is 16.5. The molecule has 296 valence electrons. The summed E-state index contributed by atoms with van der Waals surface area (Å²) < 4.78 is 2.48. The first-order valence-corrected chi connectivity index (χ1v) is 21.9. The molecule has 5 heteroatoms. The third kappa shape index (κ3) is 7.24. The summed E-state index contributed by atoms with van der Waals surface area (Å²) in [7, 11) is 0. The Morgan fingerprint density at radius 2 is 0.952 bits per heavy atom. The maximum absolute atomic E-state index is 5.33. The van der Waals surface area contributed by atoms with Gasteiger partial charge in [0.05, 0.1) is 0 Å². The van der Waals surface area contributed by atoms with Crippen molar-refractivity contribution in [2.45, 2.75) is 12.3 Å². The predicted molar refractivity (Wildman–Crippen MR) is 261 cm³/mol. The minimum atomic E-state index is -0.243. The van der Waals surface area contributed by atoms with Crippen molar-refractivity contribution < 1.29 is 0 Å². The smallest absolute Gasteiger partial charge is 0.132 e. The van der Waals surface area contributed by atoms with E-state index in [9.17, 15) is 0 Å². The molecule has 0 radical (unpaired) electrons. The van der Waals surface area contributed by atoms with E-state index in [1.54, 1.807) is 0 Å². The van der Waals surface area contributed by atoms with Gasteiger partial charge in [-0.15, -0.1) is 11.3 Å². The fraction of sp³-hybridized carbons (Fsp3) is 0.0351. The van der Waals surface area contributed by atoms with Gasteiger partial charge in [-0.3, -0.25) is 5.32 Å². The summed E-state index contributed by atoms with van der Waals surface area (Å²) in [6, 6.07) is 82.3. The molecule has 1 aliphatic rings. The third-order valence-corrected chi connectivity index (χ3v) is 12.9. The number of aliphatic imine (C=N–C) groups is 1. The fourth-order valence-electron chi connectivity index (χ4n) is 8.75. The average molecular weight is 815 g/mol. The van der Waals surface area contributed by atoms with Crippen LogP contribution in [0.3, 0.4) is 0 Å². The summed E-state index contributed by atoms with van der Waals surface area (Å²) in [5.41, 5.74) is 13.9. The van der Waals surface area contributed by atoms with Crippen molar-refractivity contribution in [2.75, 3.05) is 4.90 Å². The Hall–Kier alpha value is -7.57. The molecule has 1 aromatic heterocycles. The number of nitrogens with one attached hydrogen (secondary N) is 2. The van der Waals surface area contributed by atoms with E-state index in [2.05, 4.69) is 246 Å². The Morgan fingerprint density at radius 3 is 1.63 bits per heavy atom. The van der Waals surface area contributed by atoms with Crippen LogP contribution in [0.25, 0.3) is 53.6 Å². The third-order valence-electron chi connectivity index (χ3n) is 11.8. The first-order valence-electron chi connectivity index (χ1n) is 21.1. The molecule has 62 heavy (non-hydrogen) atoms. The molecular weight excluding hydrogens is 773 g/mol. The molecule has 10 aromatic rings. The van der Waals surface area contributed by atoms with Gasteiger partial charge in [-0.05, 0) is 87.0 Å². The van der Waals surface area contributed by atoms with E-state index in [4.69, 9.17) is 4.99 Å². The van der Waals surface area contributed by atoms with Gasteiger partial charge >= 0.3 is 0 Å². The summed E-state index contributed by atoms with van der Waals surface area (Å²) >= 11 is 1.84. The molecule has 0 fully saturated rings. The Labute approximate surface area is 366 Å². The number of benzene rings is 9. The lowest BCUT2D eigenvalue weighted by atomic mass is 9.97. The Kier molecular flexibility index (Phi) is 9.94. The lowest BCUT2D eigenvalue weighted by molar-refractivity contribution is 0.411. The van der Waals surface area contributed by atoms with Crippen LogP contribution in [0, 0.1) is 0 Å². The normalized spacial score (nSPS) is 14.9. The van der Waals surface area contributed by atoms with Gasteiger partial charge in [-0.2, -0.15) is 0 Å². The minimum absolute atomic E-state index is 0.202. The summed E-state index contributed by atoms with van der Waals surface area (Å²) in [6.07, 6.45) is -0.445. The van der Waals surface area contributed by atoms with Crippen molar-refractivity contribution in [3.63, 3.8) is 0 Å². The standard InChI is InChI=1S/C57H42N4S/c1-5-16-39(17-6-1)40-28-30-41(31-29-40)42-32-34-46(35-33-42)61(45-22-11-4-12-23-45)47-36-37-50-53(38-47)62-52-27-15-26-51(54(50)52)57-59-55(44-20-9-3-10-21-44)58-56(60-57)49-25-14-13-24-48(49)43-18-7-2-8-19-43/h1-38,55,57,59H,(H,58,60). The molecule has 0 aliphatic carbocycles. The van der Waals surface area contributed by atoms with Gasteiger partial charge in [0.25, 0.3) is 0 Å². The largest absolute Gasteiger partial charge is 0.350 e. The Bertz CT molecular complexity index is 3160. The van der Waals surface area contributed by atoms with E-state index in [1.165, 1.54) is 48.0 Å². The summed E-state index contributed by atoms with van der Waals surface area (Å²) in [6.45, 7) is 0. The van der Waals surface area contributed by atoms with Crippen LogP contribution < -0.4 is 15.5 Å². The number of hydrogen-bond donors (Lipinski definition) is 2. The van der Waals surface area contributed by atoms with E-state index in [-0.39, 0.29) is 12.3 Å². The number of anilines is 3. The molecule has 0 saturated heterocycles. The molecule has 0 spiro atoms. The monoisotopic (exact) mass is 814 g/mol. The number of rotatable bonds is 9. The van der Waals surface area contributed by atoms with Crippen molar-refractivity contribution in [1.29, 1.82) is 0 Å². The number of nitrogens with zero attached hydrogens (tertiary/aromatic N) is 2. The molecule has 4 nitrogen and oxygen atoms in total. The number of para-hydroxylation sites is 1. The molecule has 1 aliphatic heterocycles. The zero-order valence-corrected chi connectivity index (χ0v) is 34.7. The van der Waals surface area contributed by atoms with E-state index in [1.807, 2.05) is 11.3 Å². The quantitative estimate of drug-likeness (QED) is 0.152. The first-order chi connectivity index (χ1) is 30.7. The zero-order valence-electron chi connectivity index (χ0n) is 33.9. The van der Waals surface area contributed by atoms with Crippen LogP contribution in [0.4, 0.5) is 17.1 Å². The molecule has 0 amide bonds. The maximum Gasteiger partial charge on any atom is 0.132 e. The zero-order chi connectivity index (χ0) is 41.2. The van der Waals surface area contributed by atoms with Gasteiger partial charge in [0.1, 0.15) is 18.2 Å². The van der Waals surface area contributed by atoms with E-state index in [0.717, 1.165) is 45.2 Å². The van der Waals surface area contributed by atoms with Gasteiger partial charge < -0.3 is 10.2 Å². The molecule has 0 bridgehead atoms. The van der Waals surface area contributed by atoms with Crippen molar-refractivity contribution in [3.05, 3.63) is 247 Å². The van der Waals surface area contributed by atoms with Crippen molar-refractivity contribution in [1.82, 2.24) is 10.6 Å². The lowest BCUT2D eigenvalue weighted by Crippen LogP contribution is -2.45. The summed E-state index contributed by atoms with van der Waals surface area (Å²) in [5, 5.41) is 10.3. The molecule has 0 saturated carbocycles. The van der Waals surface area contributed by atoms with Crippen molar-refractivity contribution >= 4 is 54.4 Å². The van der Waals surface area contributed by atoms with E-state index >= 15 is 0 Å². The second-order valence-corrected chi connectivity index (χ2v) is 16.7. The lowest BCUT2D eigenvalue weighted by Gasteiger charge is -2.33. The highest BCUT2D eigenvalue weighted by molar-refractivity contribution is 7.25. The highest BCUT2D eigenvalue weighted by Gasteiger charge is 2.28. The van der Waals surface area contributed by atoms with Crippen molar-refractivity contribution in [3.8, 4) is 33.4 Å². The SMILES string of the molecule is c1ccc(-c2ccc(-c3ccc(N(c4ccccc4)c4ccc5c(c4)sc4cccc(C6NC(c7ccccc7-c7ccccc7)=NC(c7ccccc7)N6)c45)cc3)cc2)cc1. The number of thiophene rings is 1. The topological polar surface area (TPSA) is 39.7 Å². The Morgan fingerprint density at radius 1 is 0.419 bits per heavy atom. The molecular formula is C57H42N4S. The van der Waals surface area contributed by atoms with Crippen LogP contribution in [0.5, 0.6) is 0 Å². The molecule has 2 heterocycles. The molecule has 2 atom stereocenters. The van der Waals surface area contributed by atoms with Crippen molar-refractivity contribution in [2.24, 2.45) is 4.99 Å². The van der Waals surface area contributed by atoms with Crippen LogP contribution in [-0.2, 0) is 0 Å². The Balaban J connectivity index is 0.958. The summed E-state index contributed by atoms with van der Waals surface area (Å²) in [4.78, 5) is 7.69. The van der Waals surface area contributed by atoms with Crippen LogP contribution in [0.2, 0.25) is 0 Å². The molecule has 2 unspecified atom stereocenters. The maximum atomic E-state index is 5.33. The van der Waals surface area contributed by atoms with Gasteiger partial charge in [-0.1, -0.05) is 188 Å². The second-order valence-electron chi connectivity index (χ2n) is 15.6. The number of fused-ring (bicyclic) bond motifs is 3. The van der Waals surface area contributed by atoms with E-state index < -0.39 is 0 Å². The molecule has 2 N–H and O–H groups in total. The van der Waals surface area contributed by atoms with Crippen LogP contribution >= 0.6 is 11.3 Å². The predicted octanol–water partition coefficient (Wildman–Crippen LogP) is 14.9. The highest BCUT2D eigenvalue weighted by atomic mass is 32.1. The molecule has 9 aromatic carbocycles. The van der Waals surface area contributed by atoms with Crippen LogP contribution in [0.1, 0.15) is 29.0 Å². The van der Waals surface area contributed by atoms with Gasteiger partial charge in [-0.25, -0.2) is 4.99 Å². The van der Waals surface area contributed by atoms with Crippen LogP contribution in [0.15, 0.2) is 236 Å². The van der Waals surface area contributed by atoms with E-state index in [0.29, 0.717) is 0 Å². The first kappa shape index (κ1) is 37.4. The minimum Gasteiger partial charge on any atom is -0.350 e.